The number of guanidine groups is 1. The normalized spacial score (nSPS) is 23.9. The molecule has 6 heteroatoms. The predicted octanol–water partition coefficient (Wildman–Crippen LogP) is 1.63. The molecule has 2 saturated heterocycles. The van der Waals surface area contributed by atoms with E-state index in [1.807, 2.05) is 19.2 Å². The molecule has 2 N–H and O–H groups in total. The third-order valence-corrected chi connectivity index (χ3v) is 5.10. The minimum absolute atomic E-state index is 0.273. The third kappa shape index (κ3) is 3.59. The van der Waals surface area contributed by atoms with E-state index in [9.17, 15) is 5.11 Å². The van der Waals surface area contributed by atoms with Crippen molar-refractivity contribution in [3.8, 4) is 11.5 Å². The molecule has 1 aromatic rings. The van der Waals surface area contributed by atoms with Crippen LogP contribution in [-0.2, 0) is 11.2 Å². The van der Waals surface area contributed by atoms with Gasteiger partial charge >= 0.3 is 0 Å². The largest absolute Gasteiger partial charge is 0.508 e. The molecule has 0 aromatic heterocycles. The molecule has 2 fully saturated rings. The van der Waals surface area contributed by atoms with Crippen molar-refractivity contribution in [2.45, 2.75) is 19.3 Å². The van der Waals surface area contributed by atoms with Crippen LogP contribution in [0.15, 0.2) is 23.2 Å². The van der Waals surface area contributed by atoms with Crippen LogP contribution in [0.3, 0.4) is 0 Å². The van der Waals surface area contributed by atoms with Crippen molar-refractivity contribution in [2.75, 3.05) is 47.0 Å². The number of ether oxygens (including phenoxy) is 2. The van der Waals surface area contributed by atoms with Gasteiger partial charge in [-0.2, -0.15) is 0 Å². The molecule has 0 aliphatic carbocycles. The van der Waals surface area contributed by atoms with Gasteiger partial charge in [0.25, 0.3) is 0 Å². The highest BCUT2D eigenvalue weighted by Gasteiger charge is 2.42. The molecule has 1 atom stereocenters. The van der Waals surface area contributed by atoms with E-state index in [-0.39, 0.29) is 5.75 Å². The number of phenolic OH excluding ortho intramolecular Hbond substituents is 1. The second-order valence-electron chi connectivity index (χ2n) is 6.69. The number of methoxy groups -OCH3 is 1. The standard InChI is InChI=1S/C18H27N3O3/c1-19-17(21-9-6-18(12-21)7-10-24-13-18)20-8-5-14-3-4-15(23-2)11-16(14)22/h3-4,11,22H,5-10,12-13H2,1-2H3,(H,19,20). The second kappa shape index (κ2) is 7.30. The Balaban J connectivity index is 1.52. The Morgan fingerprint density at radius 1 is 1.46 bits per heavy atom. The molecule has 2 aliphatic rings. The maximum atomic E-state index is 10.0. The van der Waals surface area contributed by atoms with E-state index >= 15 is 0 Å². The first-order valence-electron chi connectivity index (χ1n) is 8.55. The molecule has 1 unspecified atom stereocenters. The molecule has 3 rings (SSSR count). The van der Waals surface area contributed by atoms with Gasteiger partial charge in [0.1, 0.15) is 11.5 Å². The summed E-state index contributed by atoms with van der Waals surface area (Å²) in [7, 11) is 3.42. The molecule has 0 amide bonds. The molecule has 0 bridgehead atoms. The number of benzene rings is 1. The minimum Gasteiger partial charge on any atom is -0.508 e. The number of aromatic hydroxyl groups is 1. The highest BCUT2D eigenvalue weighted by molar-refractivity contribution is 5.80. The molecule has 1 aromatic carbocycles. The van der Waals surface area contributed by atoms with Crippen molar-refractivity contribution in [1.29, 1.82) is 0 Å². The fourth-order valence-corrected chi connectivity index (χ4v) is 3.61. The van der Waals surface area contributed by atoms with Gasteiger partial charge in [-0.15, -0.1) is 0 Å². The van der Waals surface area contributed by atoms with Gasteiger partial charge in [-0.25, -0.2) is 0 Å². The second-order valence-corrected chi connectivity index (χ2v) is 6.69. The Morgan fingerprint density at radius 2 is 2.33 bits per heavy atom. The Kier molecular flexibility index (Phi) is 5.14. The van der Waals surface area contributed by atoms with Crippen LogP contribution in [-0.4, -0.2) is 63.0 Å². The fraction of sp³-hybridized carbons (Fsp3) is 0.611. The molecule has 0 radical (unpaired) electrons. The highest BCUT2D eigenvalue weighted by atomic mass is 16.5. The van der Waals surface area contributed by atoms with Gasteiger partial charge in [-0.3, -0.25) is 4.99 Å². The number of rotatable bonds is 4. The summed E-state index contributed by atoms with van der Waals surface area (Å²) in [5, 5.41) is 13.4. The minimum atomic E-state index is 0.273. The first kappa shape index (κ1) is 16.9. The lowest BCUT2D eigenvalue weighted by atomic mass is 9.87. The van der Waals surface area contributed by atoms with E-state index < -0.39 is 0 Å². The van der Waals surface area contributed by atoms with Gasteiger partial charge in [-0.1, -0.05) is 6.07 Å². The highest BCUT2D eigenvalue weighted by Crippen LogP contribution is 2.38. The summed E-state index contributed by atoms with van der Waals surface area (Å²) in [4.78, 5) is 6.74. The molecular weight excluding hydrogens is 306 g/mol. The molecule has 6 nitrogen and oxygen atoms in total. The van der Waals surface area contributed by atoms with E-state index in [0.29, 0.717) is 11.2 Å². The molecule has 24 heavy (non-hydrogen) atoms. The molecule has 2 heterocycles. The first-order chi connectivity index (χ1) is 11.7. The zero-order chi connectivity index (χ0) is 17.0. The van der Waals surface area contributed by atoms with Gasteiger partial charge in [0.2, 0.25) is 0 Å². The third-order valence-electron chi connectivity index (χ3n) is 5.10. The van der Waals surface area contributed by atoms with Gasteiger partial charge in [0.05, 0.1) is 13.7 Å². The maximum Gasteiger partial charge on any atom is 0.193 e. The van der Waals surface area contributed by atoms with Crippen LogP contribution in [0.5, 0.6) is 11.5 Å². The Hall–Kier alpha value is -1.95. The quantitative estimate of drug-likeness (QED) is 0.648. The van der Waals surface area contributed by atoms with Gasteiger partial charge < -0.3 is 24.8 Å². The van der Waals surface area contributed by atoms with Crippen LogP contribution in [0.2, 0.25) is 0 Å². The van der Waals surface area contributed by atoms with Crippen LogP contribution < -0.4 is 10.1 Å². The average Bonchev–Trinajstić information content (AvgIpc) is 3.23. The summed E-state index contributed by atoms with van der Waals surface area (Å²) < 4.78 is 10.7. The van der Waals surface area contributed by atoms with Crippen LogP contribution >= 0.6 is 0 Å². The van der Waals surface area contributed by atoms with Crippen LogP contribution in [0.25, 0.3) is 0 Å². The molecular formula is C18H27N3O3. The van der Waals surface area contributed by atoms with E-state index in [4.69, 9.17) is 9.47 Å². The van der Waals surface area contributed by atoms with Crippen molar-refractivity contribution in [2.24, 2.45) is 10.4 Å². The SMILES string of the molecule is CN=C(NCCc1ccc(OC)cc1O)N1CCC2(CCOC2)C1. The zero-order valence-electron chi connectivity index (χ0n) is 14.5. The molecule has 132 valence electrons. The van der Waals surface area contributed by atoms with Gasteiger partial charge in [-0.05, 0) is 30.9 Å². The summed E-state index contributed by atoms with van der Waals surface area (Å²) in [6, 6.07) is 5.42. The Bertz CT molecular complexity index is 597. The Morgan fingerprint density at radius 3 is 3.00 bits per heavy atom. The molecule has 2 aliphatic heterocycles. The number of hydrogen-bond donors (Lipinski definition) is 2. The lowest BCUT2D eigenvalue weighted by Crippen LogP contribution is -2.42. The fourth-order valence-electron chi connectivity index (χ4n) is 3.61. The van der Waals surface area contributed by atoms with Crippen LogP contribution in [0, 0.1) is 5.41 Å². The monoisotopic (exact) mass is 333 g/mol. The van der Waals surface area contributed by atoms with Crippen molar-refractivity contribution >= 4 is 5.96 Å². The average molecular weight is 333 g/mol. The van der Waals surface area contributed by atoms with E-state index in [2.05, 4.69) is 15.2 Å². The van der Waals surface area contributed by atoms with E-state index in [1.165, 1.54) is 6.42 Å². The van der Waals surface area contributed by atoms with Crippen molar-refractivity contribution < 1.29 is 14.6 Å². The van der Waals surface area contributed by atoms with Crippen LogP contribution in [0.1, 0.15) is 18.4 Å². The smallest absolute Gasteiger partial charge is 0.193 e. The van der Waals surface area contributed by atoms with Gasteiger partial charge in [0, 0.05) is 44.8 Å². The number of phenols is 1. The van der Waals surface area contributed by atoms with Crippen LogP contribution in [0.4, 0.5) is 0 Å². The summed E-state index contributed by atoms with van der Waals surface area (Å²) in [6.07, 6.45) is 3.06. The lowest BCUT2D eigenvalue weighted by Gasteiger charge is -2.25. The predicted molar refractivity (Wildman–Crippen MR) is 93.8 cm³/mol. The number of nitrogens with zero attached hydrogens (tertiary/aromatic N) is 2. The Labute approximate surface area is 143 Å². The topological polar surface area (TPSA) is 66.3 Å². The number of likely N-dealkylation sites (tertiary alicyclic amines) is 1. The summed E-state index contributed by atoms with van der Waals surface area (Å²) in [5.41, 5.74) is 1.23. The summed E-state index contributed by atoms with van der Waals surface area (Å²) in [5.74, 6) is 1.88. The molecule has 0 saturated carbocycles. The number of nitrogens with one attached hydrogen (secondary N) is 1. The van der Waals surface area contributed by atoms with E-state index in [1.54, 1.807) is 13.2 Å². The van der Waals surface area contributed by atoms with E-state index in [0.717, 1.165) is 57.2 Å². The van der Waals surface area contributed by atoms with Crippen molar-refractivity contribution in [3.63, 3.8) is 0 Å². The lowest BCUT2D eigenvalue weighted by molar-refractivity contribution is 0.156. The molecule has 1 spiro atoms. The first-order valence-corrected chi connectivity index (χ1v) is 8.55. The van der Waals surface area contributed by atoms with Crippen molar-refractivity contribution in [3.05, 3.63) is 23.8 Å². The van der Waals surface area contributed by atoms with Gasteiger partial charge in [0.15, 0.2) is 5.96 Å². The summed E-state index contributed by atoms with van der Waals surface area (Å²) in [6.45, 7) is 4.53. The van der Waals surface area contributed by atoms with Crippen molar-refractivity contribution in [1.82, 2.24) is 10.2 Å². The number of hydrogen-bond acceptors (Lipinski definition) is 4. The maximum absolute atomic E-state index is 10.0. The summed E-state index contributed by atoms with van der Waals surface area (Å²) >= 11 is 0. The zero-order valence-corrected chi connectivity index (χ0v) is 14.5. The number of aliphatic imine (C=N–C) groups is 1.